The Hall–Kier alpha value is -2.76. The minimum atomic E-state index is -0.515. The number of ether oxygens (including phenoxy) is 3. The van der Waals surface area contributed by atoms with Gasteiger partial charge in [-0.05, 0) is 42.4 Å². The van der Waals surface area contributed by atoms with Crippen LogP contribution in [0, 0.1) is 11.3 Å². The highest BCUT2D eigenvalue weighted by molar-refractivity contribution is 6.04. The zero-order valence-corrected chi connectivity index (χ0v) is 19.5. The number of ketones is 1. The van der Waals surface area contributed by atoms with Crippen LogP contribution in [0.15, 0.2) is 40.7 Å². The molecule has 1 unspecified atom stereocenters. The van der Waals surface area contributed by atoms with Crippen LogP contribution in [-0.4, -0.2) is 32.6 Å². The van der Waals surface area contributed by atoms with Crippen LogP contribution in [0.3, 0.4) is 0 Å². The molecule has 0 saturated heterocycles. The Kier molecular flexibility index (Phi) is 6.48. The predicted molar refractivity (Wildman–Crippen MR) is 119 cm³/mol. The van der Waals surface area contributed by atoms with Gasteiger partial charge in [-0.1, -0.05) is 33.8 Å². The molecule has 1 aliphatic heterocycles. The average molecular weight is 428 g/mol. The van der Waals surface area contributed by atoms with Gasteiger partial charge < -0.3 is 19.5 Å². The van der Waals surface area contributed by atoms with Gasteiger partial charge in [0.05, 0.1) is 26.4 Å². The first kappa shape index (κ1) is 22.9. The number of dihydropyridines is 1. The number of carbonyl (C=O) groups is 2. The average Bonchev–Trinajstić information content (AvgIpc) is 2.69. The molecule has 6 heteroatoms. The maximum Gasteiger partial charge on any atom is 0.336 e. The lowest BCUT2D eigenvalue weighted by Gasteiger charge is -2.39. The summed E-state index contributed by atoms with van der Waals surface area (Å²) >= 11 is 0. The molecule has 168 valence electrons. The highest BCUT2D eigenvalue weighted by Crippen LogP contribution is 2.47. The summed E-state index contributed by atoms with van der Waals surface area (Å²) in [7, 11) is 3.15. The fraction of sp³-hybridized carbons (Fsp3) is 0.520. The summed E-state index contributed by atoms with van der Waals surface area (Å²) in [5, 5.41) is 3.36. The topological polar surface area (TPSA) is 73.9 Å². The SMILES string of the molecule is COc1ccc(C2C(C(=O)OCC(C)C)=C(C)NC3=C2C(=O)CC(C)(C)C3)cc1OC. The number of benzene rings is 1. The van der Waals surface area contributed by atoms with Gasteiger partial charge in [-0.15, -0.1) is 0 Å². The number of rotatable bonds is 6. The molecule has 0 amide bonds. The number of allylic oxidation sites excluding steroid dienone is 3. The van der Waals surface area contributed by atoms with Crippen molar-refractivity contribution in [3.63, 3.8) is 0 Å². The van der Waals surface area contributed by atoms with Crippen molar-refractivity contribution in [2.24, 2.45) is 11.3 Å². The number of carbonyl (C=O) groups excluding carboxylic acids is 2. The van der Waals surface area contributed by atoms with Gasteiger partial charge in [-0.25, -0.2) is 4.79 Å². The molecule has 1 atom stereocenters. The third-order valence-corrected chi connectivity index (χ3v) is 5.75. The molecule has 1 heterocycles. The second-order valence-corrected chi connectivity index (χ2v) is 9.54. The molecule has 3 rings (SSSR count). The Bertz CT molecular complexity index is 955. The third kappa shape index (κ3) is 4.63. The Labute approximate surface area is 184 Å². The van der Waals surface area contributed by atoms with Crippen molar-refractivity contribution in [1.29, 1.82) is 0 Å². The van der Waals surface area contributed by atoms with Crippen molar-refractivity contribution in [3.05, 3.63) is 46.3 Å². The summed E-state index contributed by atoms with van der Waals surface area (Å²) in [6, 6.07) is 5.54. The Morgan fingerprint density at radius 1 is 1.16 bits per heavy atom. The van der Waals surface area contributed by atoms with Crippen LogP contribution < -0.4 is 14.8 Å². The maximum atomic E-state index is 13.3. The van der Waals surface area contributed by atoms with Crippen LogP contribution in [0.25, 0.3) is 0 Å². The monoisotopic (exact) mass is 427 g/mol. The Morgan fingerprint density at radius 3 is 2.45 bits per heavy atom. The van der Waals surface area contributed by atoms with E-state index in [1.54, 1.807) is 20.3 Å². The predicted octanol–water partition coefficient (Wildman–Crippen LogP) is 4.51. The molecule has 0 bridgehead atoms. The van der Waals surface area contributed by atoms with Crippen molar-refractivity contribution in [2.75, 3.05) is 20.8 Å². The van der Waals surface area contributed by atoms with E-state index in [9.17, 15) is 9.59 Å². The zero-order chi connectivity index (χ0) is 22.9. The molecule has 1 aliphatic carbocycles. The summed E-state index contributed by atoms with van der Waals surface area (Å²) in [6.45, 7) is 10.4. The van der Waals surface area contributed by atoms with Crippen LogP contribution >= 0.6 is 0 Å². The van der Waals surface area contributed by atoms with E-state index >= 15 is 0 Å². The summed E-state index contributed by atoms with van der Waals surface area (Å²) in [5.41, 5.74) is 3.39. The zero-order valence-electron chi connectivity index (χ0n) is 19.5. The van der Waals surface area contributed by atoms with E-state index in [0.717, 1.165) is 23.4 Å². The first-order valence-electron chi connectivity index (χ1n) is 10.7. The van der Waals surface area contributed by atoms with E-state index < -0.39 is 11.9 Å². The molecular formula is C25H33NO5. The maximum absolute atomic E-state index is 13.3. The Morgan fingerprint density at radius 2 is 1.84 bits per heavy atom. The van der Waals surface area contributed by atoms with E-state index in [4.69, 9.17) is 14.2 Å². The minimum Gasteiger partial charge on any atom is -0.493 e. The van der Waals surface area contributed by atoms with Crippen LogP contribution in [0.5, 0.6) is 11.5 Å². The fourth-order valence-corrected chi connectivity index (χ4v) is 4.39. The molecule has 0 fully saturated rings. The van der Waals surface area contributed by atoms with Gasteiger partial charge in [0, 0.05) is 29.3 Å². The molecule has 1 aromatic carbocycles. The normalized spacial score (nSPS) is 20.4. The number of esters is 1. The van der Waals surface area contributed by atoms with Gasteiger partial charge >= 0.3 is 5.97 Å². The fourth-order valence-electron chi connectivity index (χ4n) is 4.39. The number of nitrogens with one attached hydrogen (secondary N) is 1. The van der Waals surface area contributed by atoms with Crippen molar-refractivity contribution < 1.29 is 23.8 Å². The van der Waals surface area contributed by atoms with Gasteiger partial charge in [-0.3, -0.25) is 4.79 Å². The van der Waals surface area contributed by atoms with Crippen molar-refractivity contribution >= 4 is 11.8 Å². The van der Waals surface area contributed by atoms with E-state index in [1.807, 2.05) is 32.9 Å². The molecule has 0 radical (unpaired) electrons. The number of methoxy groups -OCH3 is 2. The van der Waals surface area contributed by atoms with Gasteiger partial charge in [0.15, 0.2) is 17.3 Å². The summed E-state index contributed by atoms with van der Waals surface area (Å²) < 4.78 is 16.5. The van der Waals surface area contributed by atoms with Crippen LogP contribution in [0.4, 0.5) is 0 Å². The quantitative estimate of drug-likeness (QED) is 0.674. The minimum absolute atomic E-state index is 0.0557. The second-order valence-electron chi connectivity index (χ2n) is 9.54. The van der Waals surface area contributed by atoms with Crippen molar-refractivity contribution in [3.8, 4) is 11.5 Å². The van der Waals surface area contributed by atoms with E-state index in [1.165, 1.54) is 0 Å². The summed E-state index contributed by atoms with van der Waals surface area (Å²) in [5.74, 6) is 0.502. The molecule has 31 heavy (non-hydrogen) atoms. The molecule has 0 saturated carbocycles. The van der Waals surface area contributed by atoms with Gasteiger partial charge in [-0.2, -0.15) is 0 Å². The van der Waals surface area contributed by atoms with Gasteiger partial charge in [0.25, 0.3) is 0 Å². The number of Topliss-reactive ketones (excluding diaryl/α,β-unsaturated/α-hetero) is 1. The first-order chi connectivity index (χ1) is 14.6. The second kappa shape index (κ2) is 8.77. The molecular weight excluding hydrogens is 394 g/mol. The lowest BCUT2D eigenvalue weighted by Crippen LogP contribution is -2.38. The summed E-state index contributed by atoms with van der Waals surface area (Å²) in [6.07, 6.45) is 1.17. The van der Waals surface area contributed by atoms with Crippen LogP contribution in [-0.2, 0) is 14.3 Å². The van der Waals surface area contributed by atoms with E-state index in [0.29, 0.717) is 35.7 Å². The van der Waals surface area contributed by atoms with Gasteiger partial charge in [0.2, 0.25) is 0 Å². The molecule has 0 spiro atoms. The van der Waals surface area contributed by atoms with Crippen LogP contribution in [0.1, 0.15) is 58.9 Å². The lowest BCUT2D eigenvalue weighted by atomic mass is 9.68. The molecule has 6 nitrogen and oxygen atoms in total. The van der Waals surface area contributed by atoms with Crippen molar-refractivity contribution in [1.82, 2.24) is 5.32 Å². The Balaban J connectivity index is 2.15. The molecule has 1 aromatic rings. The highest BCUT2D eigenvalue weighted by atomic mass is 16.5. The molecule has 0 aromatic heterocycles. The number of hydrogen-bond acceptors (Lipinski definition) is 6. The standard InChI is InChI=1S/C25H33NO5/c1-14(2)13-31-24(28)21-15(3)26-17-11-25(4,5)12-18(27)23(17)22(21)16-8-9-19(29-6)20(10-16)30-7/h8-10,14,22,26H,11-13H2,1-7H3. The summed E-state index contributed by atoms with van der Waals surface area (Å²) in [4.78, 5) is 26.5. The van der Waals surface area contributed by atoms with Crippen LogP contribution in [0.2, 0.25) is 0 Å². The lowest BCUT2D eigenvalue weighted by molar-refractivity contribution is -0.140. The molecule has 2 aliphatic rings. The van der Waals surface area contributed by atoms with E-state index in [-0.39, 0.29) is 17.1 Å². The van der Waals surface area contributed by atoms with Crippen molar-refractivity contribution in [2.45, 2.75) is 53.4 Å². The van der Waals surface area contributed by atoms with Gasteiger partial charge in [0.1, 0.15) is 0 Å². The largest absolute Gasteiger partial charge is 0.493 e. The number of hydrogen-bond donors (Lipinski definition) is 1. The van der Waals surface area contributed by atoms with E-state index in [2.05, 4.69) is 19.2 Å². The highest BCUT2D eigenvalue weighted by Gasteiger charge is 2.43. The first-order valence-corrected chi connectivity index (χ1v) is 10.7. The molecule has 1 N–H and O–H groups in total. The third-order valence-electron chi connectivity index (χ3n) is 5.75. The smallest absolute Gasteiger partial charge is 0.336 e.